The first-order valence-corrected chi connectivity index (χ1v) is 9.41. The van der Waals surface area contributed by atoms with Gasteiger partial charge in [-0.05, 0) is 38.2 Å². The summed E-state index contributed by atoms with van der Waals surface area (Å²) in [5.41, 5.74) is 0.619. The molecule has 9 heteroatoms. The van der Waals surface area contributed by atoms with Crippen molar-refractivity contribution in [1.29, 1.82) is 0 Å². The zero-order valence-electron chi connectivity index (χ0n) is 14.7. The van der Waals surface area contributed by atoms with Crippen molar-refractivity contribution in [3.8, 4) is 11.5 Å². The summed E-state index contributed by atoms with van der Waals surface area (Å²) in [7, 11) is 1.20. The third kappa shape index (κ3) is 4.86. The van der Waals surface area contributed by atoms with Gasteiger partial charge in [0.2, 0.25) is 5.91 Å². The van der Waals surface area contributed by atoms with Crippen LogP contribution < -0.4 is 5.32 Å². The Hall–Kier alpha value is -2.26. The van der Waals surface area contributed by atoms with E-state index in [2.05, 4.69) is 15.5 Å². The molecule has 8 nitrogen and oxygen atoms in total. The number of hydrogen-bond acceptors (Lipinski definition) is 7. The first kappa shape index (κ1) is 19.1. The van der Waals surface area contributed by atoms with Crippen LogP contribution in [0, 0.1) is 0 Å². The third-order valence-corrected chi connectivity index (χ3v) is 5.34. The second-order valence-electron chi connectivity index (χ2n) is 5.98. The van der Waals surface area contributed by atoms with Gasteiger partial charge >= 0.3 is 0 Å². The molecule has 2 rings (SSSR count). The molecule has 1 unspecified atom stereocenters. The molecule has 1 atom stereocenters. The minimum atomic E-state index is -3.68. The van der Waals surface area contributed by atoms with Gasteiger partial charge < -0.3 is 14.7 Å². The number of amides is 1. The number of likely N-dealkylation sites (N-methyl/N-ethyl adjacent to an activating group) is 1. The second kappa shape index (κ2) is 7.75. The number of aromatic nitrogens is 2. The Kier molecular flexibility index (Phi) is 5.91. The summed E-state index contributed by atoms with van der Waals surface area (Å²) in [5.74, 6) is -0.132. The molecule has 0 aliphatic carbocycles. The lowest BCUT2D eigenvalue weighted by Gasteiger charge is -2.10. The molecule has 1 aromatic carbocycles. The van der Waals surface area contributed by atoms with Gasteiger partial charge in [-0.25, -0.2) is 8.42 Å². The van der Waals surface area contributed by atoms with E-state index >= 15 is 0 Å². The van der Waals surface area contributed by atoms with E-state index in [-0.39, 0.29) is 10.9 Å². The number of rotatable bonds is 7. The van der Waals surface area contributed by atoms with Crippen molar-refractivity contribution in [1.82, 2.24) is 20.4 Å². The lowest BCUT2D eigenvalue weighted by Crippen LogP contribution is -2.29. The highest BCUT2D eigenvalue weighted by atomic mass is 32.2. The average molecular weight is 366 g/mol. The van der Waals surface area contributed by atoms with E-state index < -0.39 is 21.5 Å². The van der Waals surface area contributed by atoms with Crippen LogP contribution in [0.2, 0.25) is 0 Å². The molecule has 0 saturated carbocycles. The SMILES string of the molecule is CNC(C)Cc1noc(-c2ccc(S(=O)(=O)CC(=O)N(C)C)cc2)n1. The molecule has 136 valence electrons. The predicted molar refractivity (Wildman–Crippen MR) is 92.7 cm³/mol. The van der Waals surface area contributed by atoms with E-state index in [4.69, 9.17) is 4.52 Å². The largest absolute Gasteiger partial charge is 0.348 e. The van der Waals surface area contributed by atoms with Gasteiger partial charge in [-0.2, -0.15) is 4.98 Å². The molecule has 1 amide bonds. The van der Waals surface area contributed by atoms with E-state index in [0.29, 0.717) is 23.7 Å². The van der Waals surface area contributed by atoms with Crippen molar-refractivity contribution < 1.29 is 17.7 Å². The van der Waals surface area contributed by atoms with Crippen molar-refractivity contribution in [3.05, 3.63) is 30.1 Å². The third-order valence-electron chi connectivity index (χ3n) is 3.72. The molecule has 0 bridgehead atoms. The van der Waals surface area contributed by atoms with Crippen molar-refractivity contribution in [3.63, 3.8) is 0 Å². The van der Waals surface area contributed by atoms with Gasteiger partial charge in [-0.1, -0.05) is 5.16 Å². The topological polar surface area (TPSA) is 105 Å². The van der Waals surface area contributed by atoms with E-state index in [1.54, 1.807) is 12.1 Å². The van der Waals surface area contributed by atoms with Crippen molar-refractivity contribution in [2.24, 2.45) is 0 Å². The summed E-state index contributed by atoms with van der Waals surface area (Å²) in [6.07, 6.45) is 0.624. The van der Waals surface area contributed by atoms with Crippen LogP contribution in [-0.4, -0.2) is 62.3 Å². The van der Waals surface area contributed by atoms with Gasteiger partial charge in [0.1, 0.15) is 5.75 Å². The molecule has 1 aromatic heterocycles. The minimum absolute atomic E-state index is 0.0787. The Morgan fingerprint density at radius 1 is 1.28 bits per heavy atom. The maximum Gasteiger partial charge on any atom is 0.257 e. The fourth-order valence-electron chi connectivity index (χ4n) is 2.01. The number of carbonyl (C=O) groups is 1. The molecule has 0 fully saturated rings. The lowest BCUT2D eigenvalue weighted by atomic mass is 10.2. The normalized spacial score (nSPS) is 12.8. The van der Waals surface area contributed by atoms with Crippen LogP contribution in [0.5, 0.6) is 0 Å². The van der Waals surface area contributed by atoms with Crippen LogP contribution in [0.15, 0.2) is 33.7 Å². The molecule has 0 saturated heterocycles. The summed E-state index contributed by atoms with van der Waals surface area (Å²) < 4.78 is 29.7. The Morgan fingerprint density at radius 3 is 2.48 bits per heavy atom. The maximum absolute atomic E-state index is 12.2. The quantitative estimate of drug-likeness (QED) is 0.771. The monoisotopic (exact) mass is 366 g/mol. The fraction of sp³-hybridized carbons (Fsp3) is 0.438. The zero-order valence-corrected chi connectivity index (χ0v) is 15.5. The standard InChI is InChI=1S/C16H22N4O4S/c1-11(17-2)9-14-18-16(24-19-14)12-5-7-13(8-6-12)25(22,23)10-15(21)20(3)4/h5-8,11,17H,9-10H2,1-4H3. The smallest absolute Gasteiger partial charge is 0.257 e. The molecular formula is C16H22N4O4S. The van der Waals surface area contributed by atoms with Crippen molar-refractivity contribution in [2.45, 2.75) is 24.3 Å². The van der Waals surface area contributed by atoms with Gasteiger partial charge in [0.15, 0.2) is 15.7 Å². The molecule has 25 heavy (non-hydrogen) atoms. The van der Waals surface area contributed by atoms with Crippen LogP contribution in [-0.2, 0) is 21.1 Å². The van der Waals surface area contributed by atoms with E-state index in [1.807, 2.05) is 14.0 Å². The minimum Gasteiger partial charge on any atom is -0.348 e. The summed E-state index contributed by atoms with van der Waals surface area (Å²) >= 11 is 0. The first-order chi connectivity index (χ1) is 11.7. The zero-order chi connectivity index (χ0) is 18.6. The van der Waals surface area contributed by atoms with Gasteiger partial charge in [0.05, 0.1) is 4.90 Å². The van der Waals surface area contributed by atoms with Gasteiger partial charge in [0.25, 0.3) is 5.89 Å². The molecule has 0 aliphatic heterocycles. The summed E-state index contributed by atoms with van der Waals surface area (Å²) in [6, 6.07) is 6.27. The fourth-order valence-corrected chi connectivity index (χ4v) is 3.31. The second-order valence-corrected chi connectivity index (χ2v) is 7.97. The van der Waals surface area contributed by atoms with E-state index in [1.165, 1.54) is 31.1 Å². The highest BCUT2D eigenvalue weighted by Gasteiger charge is 2.21. The van der Waals surface area contributed by atoms with Crippen LogP contribution in [0.25, 0.3) is 11.5 Å². The molecule has 0 radical (unpaired) electrons. The molecule has 2 aromatic rings. The average Bonchev–Trinajstić information content (AvgIpc) is 3.02. The van der Waals surface area contributed by atoms with Gasteiger partial charge in [-0.3, -0.25) is 4.79 Å². The molecule has 1 heterocycles. The lowest BCUT2D eigenvalue weighted by molar-refractivity contribution is -0.125. The highest BCUT2D eigenvalue weighted by Crippen LogP contribution is 2.21. The Bertz CT molecular complexity index is 828. The van der Waals surface area contributed by atoms with E-state index in [9.17, 15) is 13.2 Å². The van der Waals surface area contributed by atoms with Gasteiger partial charge in [-0.15, -0.1) is 0 Å². The molecule has 1 N–H and O–H groups in total. The summed E-state index contributed by atoms with van der Waals surface area (Å²) in [6.45, 7) is 2.00. The van der Waals surface area contributed by atoms with E-state index in [0.717, 1.165) is 0 Å². The molecular weight excluding hydrogens is 344 g/mol. The Labute approximate surface area is 147 Å². The molecule has 0 aliphatic rings. The number of carbonyl (C=O) groups excluding carboxylic acids is 1. The number of nitrogens with zero attached hydrogens (tertiary/aromatic N) is 3. The molecule has 0 spiro atoms. The number of nitrogens with one attached hydrogen (secondary N) is 1. The number of sulfone groups is 1. The van der Waals surface area contributed by atoms with Crippen LogP contribution in [0.4, 0.5) is 0 Å². The predicted octanol–water partition coefficient (Wildman–Crippen LogP) is 0.749. The first-order valence-electron chi connectivity index (χ1n) is 7.76. The number of benzene rings is 1. The van der Waals surface area contributed by atoms with Crippen LogP contribution >= 0.6 is 0 Å². The summed E-state index contributed by atoms with van der Waals surface area (Å²) in [5, 5.41) is 7.01. The highest BCUT2D eigenvalue weighted by molar-refractivity contribution is 7.92. The Balaban J connectivity index is 2.16. The summed E-state index contributed by atoms with van der Waals surface area (Å²) in [4.78, 5) is 17.3. The maximum atomic E-state index is 12.2. The number of hydrogen-bond donors (Lipinski definition) is 1. The van der Waals surface area contributed by atoms with Gasteiger partial charge in [0, 0.05) is 32.1 Å². The van der Waals surface area contributed by atoms with Crippen molar-refractivity contribution in [2.75, 3.05) is 26.9 Å². The van der Waals surface area contributed by atoms with Crippen LogP contribution in [0.1, 0.15) is 12.7 Å². The Morgan fingerprint density at radius 2 is 1.92 bits per heavy atom. The van der Waals surface area contributed by atoms with Crippen molar-refractivity contribution >= 4 is 15.7 Å². The van der Waals surface area contributed by atoms with Crippen LogP contribution in [0.3, 0.4) is 0 Å².